The van der Waals surface area contributed by atoms with Crippen LogP contribution < -0.4 is 11.3 Å². The number of carbonyl (C=O) groups excluding carboxylic acids is 1. The lowest BCUT2D eigenvalue weighted by Gasteiger charge is -2.25. The van der Waals surface area contributed by atoms with Gasteiger partial charge in [0.15, 0.2) is 11.5 Å². The van der Waals surface area contributed by atoms with E-state index in [1.807, 2.05) is 23.6 Å². The van der Waals surface area contributed by atoms with E-state index < -0.39 is 5.91 Å². The molecule has 0 spiro atoms. The minimum Gasteiger partial charge on any atom is -0.359 e. The van der Waals surface area contributed by atoms with E-state index >= 15 is 0 Å². The molecule has 0 aliphatic rings. The molecule has 1 aromatic heterocycles. The van der Waals surface area contributed by atoms with E-state index in [0.29, 0.717) is 18.3 Å². The largest absolute Gasteiger partial charge is 0.359 e. The number of nitrogens with zero attached hydrogens (tertiary/aromatic N) is 2. The van der Waals surface area contributed by atoms with Gasteiger partial charge in [0.2, 0.25) is 0 Å². The lowest BCUT2D eigenvalue weighted by molar-refractivity contribution is 0.0944. The molecule has 0 saturated carbocycles. The van der Waals surface area contributed by atoms with Gasteiger partial charge in [0.1, 0.15) is 0 Å². The van der Waals surface area contributed by atoms with Crippen LogP contribution >= 0.6 is 0 Å². The van der Waals surface area contributed by atoms with Gasteiger partial charge < -0.3 is 4.52 Å². The molecule has 0 aliphatic heterocycles. The minimum absolute atomic E-state index is 0.191. The summed E-state index contributed by atoms with van der Waals surface area (Å²) >= 11 is 0. The van der Waals surface area contributed by atoms with Crippen LogP contribution in [0.4, 0.5) is 0 Å². The van der Waals surface area contributed by atoms with Gasteiger partial charge in [-0.05, 0) is 19.4 Å². The Balaban J connectivity index is 2.06. The molecule has 6 nitrogen and oxygen atoms in total. The zero-order valence-corrected chi connectivity index (χ0v) is 12.2. The summed E-state index contributed by atoms with van der Waals surface area (Å²) in [5, 5.41) is 3.71. The molecule has 0 fully saturated rings. The van der Waals surface area contributed by atoms with Gasteiger partial charge in [-0.1, -0.05) is 35.5 Å². The second kappa shape index (κ2) is 7.01. The molecule has 0 unspecified atom stereocenters. The highest BCUT2D eigenvalue weighted by Gasteiger charge is 2.16. The first kappa shape index (κ1) is 15.2. The van der Waals surface area contributed by atoms with E-state index in [9.17, 15) is 4.79 Å². The number of nitrogen functional groups attached to an aromatic ring is 1. The first-order chi connectivity index (χ1) is 10.1. The monoisotopic (exact) mass is 288 g/mol. The van der Waals surface area contributed by atoms with Crippen molar-refractivity contribution in [3.05, 3.63) is 53.4 Å². The van der Waals surface area contributed by atoms with Crippen molar-refractivity contribution in [2.24, 2.45) is 5.84 Å². The molecule has 2 aromatic rings. The van der Waals surface area contributed by atoms with Crippen molar-refractivity contribution in [2.75, 3.05) is 0 Å². The Bertz CT molecular complexity index is 580. The quantitative estimate of drug-likeness (QED) is 0.480. The van der Waals surface area contributed by atoms with E-state index in [4.69, 9.17) is 10.4 Å². The van der Waals surface area contributed by atoms with Crippen LogP contribution in [0.25, 0.3) is 0 Å². The van der Waals surface area contributed by atoms with Crippen molar-refractivity contribution in [3.8, 4) is 0 Å². The van der Waals surface area contributed by atoms with Crippen LogP contribution in [0.15, 0.2) is 40.9 Å². The fourth-order valence-electron chi connectivity index (χ4n) is 2.01. The molecule has 3 N–H and O–H groups in total. The average Bonchev–Trinajstić information content (AvgIpc) is 2.95. The number of rotatable bonds is 6. The number of hydrogen-bond donors (Lipinski definition) is 2. The zero-order valence-electron chi connectivity index (χ0n) is 12.2. The normalized spacial score (nSPS) is 11.1. The highest BCUT2D eigenvalue weighted by Crippen LogP contribution is 2.14. The van der Waals surface area contributed by atoms with Gasteiger partial charge >= 0.3 is 0 Å². The van der Waals surface area contributed by atoms with Crippen molar-refractivity contribution in [2.45, 2.75) is 33.0 Å². The van der Waals surface area contributed by atoms with Crippen molar-refractivity contribution in [1.29, 1.82) is 0 Å². The molecular weight excluding hydrogens is 268 g/mol. The van der Waals surface area contributed by atoms with Gasteiger partial charge in [-0.3, -0.25) is 15.1 Å². The smallest absolute Gasteiger partial charge is 0.287 e. The average molecular weight is 288 g/mol. The van der Waals surface area contributed by atoms with E-state index in [1.54, 1.807) is 6.07 Å². The SMILES string of the molecule is CC(C)N(Cc1ccccc1)Cc1cc(C(=O)NN)no1. The summed E-state index contributed by atoms with van der Waals surface area (Å²) in [4.78, 5) is 13.6. The molecule has 1 aromatic carbocycles. The van der Waals surface area contributed by atoms with Crippen LogP contribution in [0.5, 0.6) is 0 Å². The fraction of sp³-hybridized carbons (Fsp3) is 0.333. The number of carbonyl (C=O) groups is 1. The van der Waals surface area contributed by atoms with Crippen molar-refractivity contribution in [3.63, 3.8) is 0 Å². The maximum absolute atomic E-state index is 11.4. The van der Waals surface area contributed by atoms with Gasteiger partial charge in [0.05, 0.1) is 6.54 Å². The summed E-state index contributed by atoms with van der Waals surface area (Å²) in [5.74, 6) is 5.26. The Labute approximate surface area is 123 Å². The zero-order chi connectivity index (χ0) is 15.2. The summed E-state index contributed by atoms with van der Waals surface area (Å²) in [6, 6.07) is 12.2. The number of hydrazine groups is 1. The maximum atomic E-state index is 11.4. The predicted octanol–water partition coefficient (Wildman–Crippen LogP) is 1.69. The van der Waals surface area contributed by atoms with Crippen molar-refractivity contribution in [1.82, 2.24) is 15.5 Å². The molecular formula is C15H20N4O2. The maximum Gasteiger partial charge on any atom is 0.287 e. The Hall–Kier alpha value is -2.18. The van der Waals surface area contributed by atoms with E-state index in [0.717, 1.165) is 6.54 Å². The Morgan fingerprint density at radius 3 is 2.67 bits per heavy atom. The summed E-state index contributed by atoms with van der Waals surface area (Å²) in [6.45, 7) is 5.62. The van der Waals surface area contributed by atoms with E-state index in [1.165, 1.54) is 5.56 Å². The van der Waals surface area contributed by atoms with Crippen LogP contribution in [0.1, 0.15) is 35.7 Å². The van der Waals surface area contributed by atoms with Crippen molar-refractivity contribution < 1.29 is 9.32 Å². The molecule has 0 bridgehead atoms. The Morgan fingerprint density at radius 1 is 1.33 bits per heavy atom. The van der Waals surface area contributed by atoms with Gasteiger partial charge in [-0.15, -0.1) is 0 Å². The molecule has 0 radical (unpaired) electrons. The Kier molecular flexibility index (Phi) is 5.08. The molecule has 0 saturated heterocycles. The third-order valence-corrected chi connectivity index (χ3v) is 3.24. The predicted molar refractivity (Wildman–Crippen MR) is 79.0 cm³/mol. The summed E-state index contributed by atoms with van der Waals surface area (Å²) in [7, 11) is 0. The number of nitrogens with two attached hydrogens (primary N) is 1. The highest BCUT2D eigenvalue weighted by atomic mass is 16.5. The first-order valence-corrected chi connectivity index (χ1v) is 6.84. The van der Waals surface area contributed by atoms with Crippen molar-refractivity contribution >= 4 is 5.91 Å². The molecule has 2 rings (SSSR count). The third kappa shape index (κ3) is 4.14. The van der Waals surface area contributed by atoms with Crippen LogP contribution in [0.2, 0.25) is 0 Å². The van der Waals surface area contributed by atoms with Crippen LogP contribution in [-0.2, 0) is 13.1 Å². The number of benzene rings is 1. The van der Waals surface area contributed by atoms with Crippen LogP contribution in [0.3, 0.4) is 0 Å². The molecule has 112 valence electrons. The molecule has 0 atom stereocenters. The number of nitrogens with one attached hydrogen (secondary N) is 1. The van der Waals surface area contributed by atoms with Gasteiger partial charge in [0.25, 0.3) is 5.91 Å². The topological polar surface area (TPSA) is 84.4 Å². The van der Waals surface area contributed by atoms with Crippen LogP contribution in [-0.4, -0.2) is 22.0 Å². The lowest BCUT2D eigenvalue weighted by atomic mass is 10.2. The van der Waals surface area contributed by atoms with E-state index in [2.05, 4.69) is 36.0 Å². The first-order valence-electron chi connectivity index (χ1n) is 6.84. The standard InChI is InChI=1S/C15H20N4O2/c1-11(2)19(9-12-6-4-3-5-7-12)10-13-8-14(18-21-13)15(20)17-16/h3-8,11H,9-10,16H2,1-2H3,(H,17,20). The second-order valence-corrected chi connectivity index (χ2v) is 5.14. The molecule has 1 amide bonds. The fourth-order valence-corrected chi connectivity index (χ4v) is 2.01. The molecule has 21 heavy (non-hydrogen) atoms. The summed E-state index contributed by atoms with van der Waals surface area (Å²) in [5.41, 5.74) is 3.45. The Morgan fingerprint density at radius 2 is 2.05 bits per heavy atom. The number of amides is 1. The number of aromatic nitrogens is 1. The highest BCUT2D eigenvalue weighted by molar-refractivity contribution is 5.91. The number of hydrogen-bond acceptors (Lipinski definition) is 5. The molecule has 6 heteroatoms. The summed E-state index contributed by atoms with van der Waals surface area (Å²) in [6.07, 6.45) is 0. The van der Waals surface area contributed by atoms with E-state index in [-0.39, 0.29) is 5.69 Å². The second-order valence-electron chi connectivity index (χ2n) is 5.14. The summed E-state index contributed by atoms with van der Waals surface area (Å²) < 4.78 is 5.20. The van der Waals surface area contributed by atoms with Gasteiger partial charge in [-0.2, -0.15) is 0 Å². The van der Waals surface area contributed by atoms with Gasteiger partial charge in [-0.25, -0.2) is 5.84 Å². The lowest BCUT2D eigenvalue weighted by Crippen LogP contribution is -2.30. The van der Waals surface area contributed by atoms with Gasteiger partial charge in [0, 0.05) is 18.7 Å². The third-order valence-electron chi connectivity index (χ3n) is 3.24. The van der Waals surface area contributed by atoms with Crippen LogP contribution in [0, 0.1) is 0 Å². The minimum atomic E-state index is -0.454. The molecule has 0 aliphatic carbocycles. The molecule has 1 heterocycles.